The lowest BCUT2D eigenvalue weighted by Gasteiger charge is -2.35. The SMILES string of the molecule is Cc1cc(-c2cnc(-c3cccnc3)nc2C2CCN(C(=O)C3CCCCC3)CC2)on1. The van der Waals surface area contributed by atoms with Gasteiger partial charge in [0.05, 0.1) is 17.0 Å². The zero-order valence-corrected chi connectivity index (χ0v) is 18.5. The van der Waals surface area contributed by atoms with E-state index in [0.29, 0.717) is 17.5 Å². The third-order valence-electron chi connectivity index (χ3n) is 6.78. The van der Waals surface area contributed by atoms with Gasteiger partial charge in [0.25, 0.3) is 0 Å². The summed E-state index contributed by atoms with van der Waals surface area (Å²) in [7, 11) is 0. The van der Waals surface area contributed by atoms with Gasteiger partial charge in [-0.1, -0.05) is 24.4 Å². The number of carbonyl (C=O) groups is 1. The van der Waals surface area contributed by atoms with Crippen molar-refractivity contribution in [2.75, 3.05) is 13.1 Å². The fraction of sp³-hybridized carbons (Fsp3) is 0.480. The van der Waals surface area contributed by atoms with Crippen molar-refractivity contribution < 1.29 is 9.32 Å². The summed E-state index contributed by atoms with van der Waals surface area (Å²) in [5.74, 6) is 2.17. The first-order valence-corrected chi connectivity index (χ1v) is 11.7. The summed E-state index contributed by atoms with van der Waals surface area (Å²) in [4.78, 5) is 28.8. The molecule has 3 aromatic heterocycles. The number of piperidine rings is 1. The molecule has 4 heterocycles. The normalized spacial score (nSPS) is 18.1. The second kappa shape index (κ2) is 9.18. The summed E-state index contributed by atoms with van der Waals surface area (Å²) in [6.07, 6.45) is 12.9. The Kier molecular flexibility index (Phi) is 5.97. The quantitative estimate of drug-likeness (QED) is 0.590. The Morgan fingerprint density at radius 2 is 1.91 bits per heavy atom. The minimum absolute atomic E-state index is 0.226. The van der Waals surface area contributed by atoms with Crippen molar-refractivity contribution in [2.24, 2.45) is 5.92 Å². The number of nitrogens with zero attached hydrogens (tertiary/aromatic N) is 5. The van der Waals surface area contributed by atoms with E-state index in [2.05, 4.69) is 20.0 Å². The molecule has 5 rings (SSSR count). The first-order chi connectivity index (χ1) is 15.7. The average molecular weight is 432 g/mol. The van der Waals surface area contributed by atoms with Crippen LogP contribution in [-0.2, 0) is 4.79 Å². The Balaban J connectivity index is 1.39. The molecule has 3 aromatic rings. The van der Waals surface area contributed by atoms with E-state index in [1.807, 2.05) is 31.3 Å². The van der Waals surface area contributed by atoms with Crippen LogP contribution in [0.1, 0.15) is 62.3 Å². The maximum Gasteiger partial charge on any atom is 0.225 e. The summed E-state index contributed by atoms with van der Waals surface area (Å²) < 4.78 is 5.56. The molecule has 2 fully saturated rings. The van der Waals surface area contributed by atoms with Gasteiger partial charge in [-0.15, -0.1) is 0 Å². The Morgan fingerprint density at radius 3 is 2.59 bits per heavy atom. The molecule has 0 bridgehead atoms. The minimum Gasteiger partial charge on any atom is -0.356 e. The number of pyridine rings is 1. The van der Waals surface area contributed by atoms with Crippen LogP contribution in [0, 0.1) is 12.8 Å². The summed E-state index contributed by atoms with van der Waals surface area (Å²) >= 11 is 0. The summed E-state index contributed by atoms with van der Waals surface area (Å²) in [6, 6.07) is 5.78. The number of amides is 1. The van der Waals surface area contributed by atoms with Gasteiger partial charge in [-0.05, 0) is 44.7 Å². The molecule has 166 valence electrons. The number of carbonyl (C=O) groups excluding carboxylic acids is 1. The largest absolute Gasteiger partial charge is 0.356 e. The average Bonchev–Trinajstić information content (AvgIpc) is 3.30. The predicted molar refractivity (Wildman–Crippen MR) is 121 cm³/mol. The fourth-order valence-electron chi connectivity index (χ4n) is 5.00. The van der Waals surface area contributed by atoms with Crippen molar-refractivity contribution >= 4 is 5.91 Å². The third-order valence-corrected chi connectivity index (χ3v) is 6.78. The summed E-state index contributed by atoms with van der Waals surface area (Å²) in [6.45, 7) is 3.47. The van der Waals surface area contributed by atoms with Crippen LogP contribution in [-0.4, -0.2) is 44.0 Å². The molecule has 1 amide bonds. The molecule has 1 aliphatic heterocycles. The van der Waals surface area contributed by atoms with E-state index in [1.165, 1.54) is 19.3 Å². The first kappa shape index (κ1) is 20.8. The molecule has 2 aliphatic rings. The molecule has 0 unspecified atom stereocenters. The molecule has 0 aromatic carbocycles. The maximum atomic E-state index is 13.0. The molecule has 0 spiro atoms. The van der Waals surface area contributed by atoms with Gasteiger partial charge in [-0.2, -0.15) is 0 Å². The molecule has 1 saturated carbocycles. The first-order valence-electron chi connectivity index (χ1n) is 11.7. The third kappa shape index (κ3) is 4.29. The lowest BCUT2D eigenvalue weighted by molar-refractivity contribution is -0.137. The molecule has 7 nitrogen and oxygen atoms in total. The summed E-state index contributed by atoms with van der Waals surface area (Å²) in [5, 5.41) is 4.05. The Labute approximate surface area is 188 Å². The van der Waals surface area contributed by atoms with Crippen molar-refractivity contribution in [3.05, 3.63) is 48.2 Å². The molecule has 32 heavy (non-hydrogen) atoms. The van der Waals surface area contributed by atoms with E-state index in [-0.39, 0.29) is 11.8 Å². The number of aryl methyl sites for hydroxylation is 1. The van der Waals surface area contributed by atoms with Gasteiger partial charge in [0, 0.05) is 55.1 Å². The second-order valence-corrected chi connectivity index (χ2v) is 9.00. The van der Waals surface area contributed by atoms with Crippen LogP contribution in [0.25, 0.3) is 22.7 Å². The van der Waals surface area contributed by atoms with Gasteiger partial charge in [0.1, 0.15) is 0 Å². The highest BCUT2D eigenvalue weighted by Gasteiger charge is 2.31. The highest BCUT2D eigenvalue weighted by Crippen LogP contribution is 2.36. The highest BCUT2D eigenvalue weighted by molar-refractivity contribution is 5.79. The topological polar surface area (TPSA) is 85.0 Å². The van der Waals surface area contributed by atoms with Crippen LogP contribution in [0.3, 0.4) is 0 Å². The van der Waals surface area contributed by atoms with E-state index in [9.17, 15) is 4.79 Å². The monoisotopic (exact) mass is 431 g/mol. The van der Waals surface area contributed by atoms with Gasteiger partial charge < -0.3 is 9.42 Å². The van der Waals surface area contributed by atoms with Crippen LogP contribution in [0.4, 0.5) is 0 Å². The van der Waals surface area contributed by atoms with Crippen molar-refractivity contribution in [1.29, 1.82) is 0 Å². The van der Waals surface area contributed by atoms with Gasteiger partial charge >= 0.3 is 0 Å². The predicted octanol–water partition coefficient (Wildman–Crippen LogP) is 4.79. The Bertz CT molecular complexity index is 1070. The van der Waals surface area contributed by atoms with Crippen LogP contribution < -0.4 is 0 Å². The maximum absolute atomic E-state index is 13.0. The lowest BCUT2D eigenvalue weighted by atomic mass is 9.86. The van der Waals surface area contributed by atoms with E-state index in [0.717, 1.165) is 61.3 Å². The van der Waals surface area contributed by atoms with Crippen molar-refractivity contribution in [3.63, 3.8) is 0 Å². The molecule has 0 atom stereocenters. The minimum atomic E-state index is 0.226. The molecule has 1 aliphatic carbocycles. The molecule has 0 N–H and O–H groups in total. The van der Waals surface area contributed by atoms with E-state index < -0.39 is 0 Å². The van der Waals surface area contributed by atoms with Gasteiger partial charge in [0.15, 0.2) is 11.6 Å². The molecule has 7 heteroatoms. The Morgan fingerprint density at radius 1 is 1.09 bits per heavy atom. The number of likely N-dealkylation sites (tertiary alicyclic amines) is 1. The van der Waals surface area contributed by atoms with E-state index in [4.69, 9.17) is 9.51 Å². The molecule has 0 radical (unpaired) electrons. The van der Waals surface area contributed by atoms with Crippen molar-refractivity contribution in [2.45, 2.75) is 57.8 Å². The standard InChI is InChI=1S/C25H29N5O2/c1-17-14-22(32-29-17)21-16-27-24(20-8-5-11-26-15-20)28-23(21)18-9-12-30(13-10-18)25(31)19-6-3-2-4-7-19/h5,8,11,14-16,18-19H,2-4,6-7,9-10,12-13H2,1H3. The van der Waals surface area contributed by atoms with E-state index in [1.54, 1.807) is 12.4 Å². The zero-order chi connectivity index (χ0) is 21.9. The van der Waals surface area contributed by atoms with Gasteiger partial charge in [-0.3, -0.25) is 9.78 Å². The van der Waals surface area contributed by atoms with Gasteiger partial charge in [0.2, 0.25) is 5.91 Å². The number of hydrogen-bond acceptors (Lipinski definition) is 6. The van der Waals surface area contributed by atoms with E-state index >= 15 is 0 Å². The van der Waals surface area contributed by atoms with Gasteiger partial charge in [-0.25, -0.2) is 9.97 Å². The number of rotatable bonds is 4. The Hall–Kier alpha value is -3.09. The smallest absolute Gasteiger partial charge is 0.225 e. The zero-order valence-electron chi connectivity index (χ0n) is 18.5. The molecular formula is C25H29N5O2. The van der Waals surface area contributed by atoms with Crippen molar-refractivity contribution in [1.82, 2.24) is 25.0 Å². The highest BCUT2D eigenvalue weighted by atomic mass is 16.5. The lowest BCUT2D eigenvalue weighted by Crippen LogP contribution is -2.42. The fourth-order valence-corrected chi connectivity index (χ4v) is 5.00. The van der Waals surface area contributed by atoms with Crippen LogP contribution >= 0.6 is 0 Å². The van der Waals surface area contributed by atoms with Crippen LogP contribution in [0.15, 0.2) is 41.3 Å². The summed E-state index contributed by atoms with van der Waals surface area (Å²) in [5.41, 5.74) is 3.57. The number of aromatic nitrogens is 4. The second-order valence-electron chi connectivity index (χ2n) is 9.00. The van der Waals surface area contributed by atoms with Crippen molar-refractivity contribution in [3.8, 4) is 22.7 Å². The van der Waals surface area contributed by atoms with Crippen LogP contribution in [0.2, 0.25) is 0 Å². The molecule has 1 saturated heterocycles. The van der Waals surface area contributed by atoms with Crippen LogP contribution in [0.5, 0.6) is 0 Å². The number of hydrogen-bond donors (Lipinski definition) is 0. The molecular weight excluding hydrogens is 402 g/mol.